The normalized spacial score (nSPS) is 21.5. The number of hydrogen-bond donors (Lipinski definition) is 1. The van der Waals surface area contributed by atoms with Crippen LogP contribution in [0, 0.1) is 5.82 Å². The van der Waals surface area contributed by atoms with Gasteiger partial charge in [0.1, 0.15) is 5.82 Å². The van der Waals surface area contributed by atoms with Crippen LogP contribution in [0.25, 0.3) is 0 Å². The van der Waals surface area contributed by atoms with E-state index in [4.69, 9.17) is 4.74 Å². The van der Waals surface area contributed by atoms with Gasteiger partial charge in [0.15, 0.2) is 0 Å². The van der Waals surface area contributed by atoms with Crippen molar-refractivity contribution >= 4 is 0 Å². The molecule has 1 aliphatic heterocycles. The van der Waals surface area contributed by atoms with Crippen LogP contribution >= 0.6 is 0 Å². The van der Waals surface area contributed by atoms with Gasteiger partial charge in [0, 0.05) is 19.2 Å². The average molecular weight is 209 g/mol. The predicted molar refractivity (Wildman–Crippen MR) is 57.1 cm³/mol. The quantitative estimate of drug-likeness (QED) is 0.823. The van der Waals surface area contributed by atoms with Gasteiger partial charge in [-0.05, 0) is 30.5 Å². The van der Waals surface area contributed by atoms with Crippen molar-refractivity contribution in [3.63, 3.8) is 0 Å². The van der Waals surface area contributed by atoms with Crippen molar-refractivity contribution in [1.82, 2.24) is 5.32 Å². The van der Waals surface area contributed by atoms with Crippen LogP contribution in [0.3, 0.4) is 0 Å². The Hall–Kier alpha value is -0.930. The van der Waals surface area contributed by atoms with Crippen LogP contribution in [0.1, 0.15) is 18.4 Å². The Bertz CT molecular complexity index is 310. The fraction of sp³-hybridized carbons (Fsp3) is 0.500. The van der Waals surface area contributed by atoms with Crippen LogP contribution in [0.2, 0.25) is 0 Å². The Labute approximate surface area is 89.4 Å². The van der Waals surface area contributed by atoms with Gasteiger partial charge in [0.2, 0.25) is 0 Å². The average Bonchev–Trinajstić information content (AvgIpc) is 2.28. The second-order valence-corrected chi connectivity index (χ2v) is 3.92. The third-order valence-corrected chi connectivity index (χ3v) is 2.64. The molecule has 15 heavy (non-hydrogen) atoms. The lowest BCUT2D eigenvalue weighted by molar-refractivity contribution is 0.0699. The van der Waals surface area contributed by atoms with E-state index in [-0.39, 0.29) is 5.82 Å². The molecule has 0 saturated carbocycles. The summed E-state index contributed by atoms with van der Waals surface area (Å²) in [4.78, 5) is 0. The molecule has 82 valence electrons. The lowest BCUT2D eigenvalue weighted by atomic mass is 10.1. The van der Waals surface area contributed by atoms with E-state index in [1.54, 1.807) is 12.1 Å². The summed E-state index contributed by atoms with van der Waals surface area (Å²) in [5.41, 5.74) is 0.987. The molecule has 0 aromatic heterocycles. The molecule has 1 unspecified atom stereocenters. The van der Waals surface area contributed by atoms with Crippen LogP contribution in [0.5, 0.6) is 0 Å². The van der Waals surface area contributed by atoms with Crippen molar-refractivity contribution in [2.24, 2.45) is 0 Å². The lowest BCUT2D eigenvalue weighted by Crippen LogP contribution is -2.36. The van der Waals surface area contributed by atoms with E-state index in [2.05, 4.69) is 5.32 Å². The number of benzene rings is 1. The van der Waals surface area contributed by atoms with Crippen molar-refractivity contribution in [3.05, 3.63) is 35.6 Å². The smallest absolute Gasteiger partial charge is 0.123 e. The first-order chi connectivity index (χ1) is 7.34. The van der Waals surface area contributed by atoms with Gasteiger partial charge >= 0.3 is 0 Å². The van der Waals surface area contributed by atoms with Gasteiger partial charge in [-0.3, -0.25) is 0 Å². The number of halogens is 1. The SMILES string of the molecule is Fc1cccc(CNC2CCCOC2)c1. The summed E-state index contributed by atoms with van der Waals surface area (Å²) < 4.78 is 18.2. The first kappa shape index (κ1) is 10.6. The first-order valence-corrected chi connectivity index (χ1v) is 5.40. The van der Waals surface area contributed by atoms with Crippen LogP contribution in [0.4, 0.5) is 4.39 Å². The van der Waals surface area contributed by atoms with Gasteiger partial charge in [-0.15, -0.1) is 0 Å². The molecule has 0 amide bonds. The molecule has 3 heteroatoms. The Morgan fingerprint density at radius 3 is 3.13 bits per heavy atom. The van der Waals surface area contributed by atoms with Gasteiger partial charge in [-0.2, -0.15) is 0 Å². The zero-order valence-corrected chi connectivity index (χ0v) is 8.71. The van der Waals surface area contributed by atoms with Crippen LogP contribution in [-0.4, -0.2) is 19.3 Å². The number of nitrogens with one attached hydrogen (secondary N) is 1. The third kappa shape index (κ3) is 3.29. The minimum absolute atomic E-state index is 0.172. The van der Waals surface area contributed by atoms with E-state index in [1.807, 2.05) is 6.07 Å². The van der Waals surface area contributed by atoms with Crippen LogP contribution in [-0.2, 0) is 11.3 Å². The molecular weight excluding hydrogens is 193 g/mol. The predicted octanol–water partition coefficient (Wildman–Crippen LogP) is 2.09. The standard InChI is InChI=1S/C12H16FNO/c13-11-4-1-3-10(7-11)8-14-12-5-2-6-15-9-12/h1,3-4,7,12,14H,2,5-6,8-9H2. The molecule has 1 fully saturated rings. The Morgan fingerprint density at radius 2 is 2.40 bits per heavy atom. The molecule has 1 N–H and O–H groups in total. The molecule has 0 aliphatic carbocycles. The minimum Gasteiger partial charge on any atom is -0.380 e. The van der Waals surface area contributed by atoms with Gasteiger partial charge in [0.25, 0.3) is 0 Å². The number of ether oxygens (including phenoxy) is 1. The maximum absolute atomic E-state index is 12.9. The first-order valence-electron chi connectivity index (χ1n) is 5.40. The van der Waals surface area contributed by atoms with Gasteiger partial charge in [-0.1, -0.05) is 12.1 Å². The van der Waals surface area contributed by atoms with E-state index < -0.39 is 0 Å². The molecule has 1 aromatic carbocycles. The second-order valence-electron chi connectivity index (χ2n) is 3.92. The van der Waals surface area contributed by atoms with Crippen molar-refractivity contribution in [3.8, 4) is 0 Å². The maximum Gasteiger partial charge on any atom is 0.123 e. The van der Waals surface area contributed by atoms with Gasteiger partial charge < -0.3 is 10.1 Å². The van der Waals surface area contributed by atoms with Crippen molar-refractivity contribution in [1.29, 1.82) is 0 Å². The van der Waals surface area contributed by atoms with E-state index >= 15 is 0 Å². The molecule has 0 spiro atoms. The van der Waals surface area contributed by atoms with E-state index in [0.717, 1.165) is 31.6 Å². The van der Waals surface area contributed by atoms with Crippen LogP contribution < -0.4 is 5.32 Å². The summed E-state index contributed by atoms with van der Waals surface area (Å²) in [6, 6.07) is 7.12. The summed E-state index contributed by atoms with van der Waals surface area (Å²) in [6.45, 7) is 2.36. The highest BCUT2D eigenvalue weighted by atomic mass is 19.1. The molecular formula is C12H16FNO. The Morgan fingerprint density at radius 1 is 1.47 bits per heavy atom. The Kier molecular flexibility index (Phi) is 3.69. The highest BCUT2D eigenvalue weighted by Crippen LogP contribution is 2.08. The molecule has 1 aromatic rings. The van der Waals surface area contributed by atoms with E-state index in [1.165, 1.54) is 6.07 Å². The molecule has 2 nitrogen and oxygen atoms in total. The minimum atomic E-state index is -0.172. The zero-order chi connectivity index (χ0) is 10.5. The fourth-order valence-corrected chi connectivity index (χ4v) is 1.81. The van der Waals surface area contributed by atoms with Crippen molar-refractivity contribution in [2.75, 3.05) is 13.2 Å². The summed E-state index contributed by atoms with van der Waals surface area (Å²) in [6.07, 6.45) is 2.26. The highest BCUT2D eigenvalue weighted by Gasteiger charge is 2.12. The molecule has 0 radical (unpaired) electrons. The van der Waals surface area contributed by atoms with E-state index in [9.17, 15) is 4.39 Å². The molecule has 0 bridgehead atoms. The highest BCUT2D eigenvalue weighted by molar-refractivity contribution is 5.16. The summed E-state index contributed by atoms with van der Waals surface area (Å²) in [7, 11) is 0. The largest absolute Gasteiger partial charge is 0.380 e. The number of hydrogen-bond acceptors (Lipinski definition) is 2. The maximum atomic E-state index is 12.9. The topological polar surface area (TPSA) is 21.3 Å². The fourth-order valence-electron chi connectivity index (χ4n) is 1.81. The summed E-state index contributed by atoms with van der Waals surface area (Å²) >= 11 is 0. The molecule has 1 aliphatic rings. The zero-order valence-electron chi connectivity index (χ0n) is 8.71. The lowest BCUT2D eigenvalue weighted by Gasteiger charge is -2.23. The monoisotopic (exact) mass is 209 g/mol. The van der Waals surface area contributed by atoms with Gasteiger partial charge in [-0.25, -0.2) is 4.39 Å². The van der Waals surface area contributed by atoms with Crippen molar-refractivity contribution in [2.45, 2.75) is 25.4 Å². The summed E-state index contributed by atoms with van der Waals surface area (Å²) in [5.74, 6) is -0.172. The second kappa shape index (κ2) is 5.24. The van der Waals surface area contributed by atoms with E-state index in [0.29, 0.717) is 12.6 Å². The summed E-state index contributed by atoms with van der Waals surface area (Å²) in [5, 5.41) is 3.37. The third-order valence-electron chi connectivity index (χ3n) is 2.64. The van der Waals surface area contributed by atoms with Gasteiger partial charge in [0.05, 0.1) is 6.61 Å². The van der Waals surface area contributed by atoms with Crippen LogP contribution in [0.15, 0.2) is 24.3 Å². The Balaban J connectivity index is 1.81. The molecule has 1 heterocycles. The van der Waals surface area contributed by atoms with Crippen molar-refractivity contribution < 1.29 is 9.13 Å². The number of rotatable bonds is 3. The molecule has 1 atom stereocenters. The molecule has 2 rings (SSSR count). The molecule has 1 saturated heterocycles.